The molecule has 3 rings (SSSR count). The van der Waals surface area contributed by atoms with Gasteiger partial charge in [0.25, 0.3) is 0 Å². The Morgan fingerprint density at radius 3 is 2.90 bits per heavy atom. The third-order valence-electron chi connectivity index (χ3n) is 3.81. The molecule has 1 unspecified atom stereocenters. The molecule has 1 atom stereocenters. The number of hydrogen-bond donors (Lipinski definition) is 1. The third kappa shape index (κ3) is 2.19. The molecule has 7 nitrogen and oxygen atoms in total. The first-order chi connectivity index (χ1) is 9.69. The Hall–Kier alpha value is -2.18. The monoisotopic (exact) mass is 275 g/mol. The fraction of sp³-hybridized carbons (Fsp3) is 0.538. The number of carbonyl (C=O) groups excluding carboxylic acids is 2. The van der Waals surface area contributed by atoms with Gasteiger partial charge in [-0.25, -0.2) is 4.98 Å². The number of aromatic nitrogens is 2. The van der Waals surface area contributed by atoms with Gasteiger partial charge in [0.1, 0.15) is 18.4 Å². The number of nitrogens with one attached hydrogen (secondary N) is 1. The summed E-state index contributed by atoms with van der Waals surface area (Å²) in [6.07, 6.45) is 4.93. The molecule has 1 N–H and O–H groups in total. The van der Waals surface area contributed by atoms with Crippen LogP contribution in [0.25, 0.3) is 0 Å². The maximum atomic E-state index is 12.4. The van der Waals surface area contributed by atoms with Crippen LogP contribution in [0.5, 0.6) is 0 Å². The molecule has 0 aliphatic carbocycles. The summed E-state index contributed by atoms with van der Waals surface area (Å²) in [6, 6.07) is -0.263. The van der Waals surface area contributed by atoms with Gasteiger partial charge in [-0.05, 0) is 12.8 Å². The van der Waals surface area contributed by atoms with E-state index in [2.05, 4.69) is 15.3 Å². The second-order valence-corrected chi connectivity index (χ2v) is 5.08. The first-order valence-electron chi connectivity index (χ1n) is 6.76. The Balaban J connectivity index is 1.73. The first-order valence-corrected chi connectivity index (χ1v) is 6.76. The van der Waals surface area contributed by atoms with E-state index in [0.29, 0.717) is 24.6 Å². The fourth-order valence-electron chi connectivity index (χ4n) is 2.76. The zero-order valence-corrected chi connectivity index (χ0v) is 11.4. The molecule has 1 aromatic rings. The minimum atomic E-state index is -0.263. The lowest BCUT2D eigenvalue weighted by atomic mass is 10.1. The van der Waals surface area contributed by atoms with E-state index in [4.69, 9.17) is 0 Å². The average Bonchev–Trinajstić information content (AvgIpc) is 2.95. The lowest BCUT2D eigenvalue weighted by molar-refractivity contribution is -0.154. The van der Waals surface area contributed by atoms with E-state index < -0.39 is 0 Å². The topological polar surface area (TPSA) is 78.4 Å². The highest BCUT2D eigenvalue weighted by Crippen LogP contribution is 2.24. The third-order valence-corrected chi connectivity index (χ3v) is 3.81. The molecule has 3 heterocycles. The minimum Gasteiger partial charge on any atom is -0.372 e. The van der Waals surface area contributed by atoms with E-state index in [1.807, 2.05) is 0 Å². The van der Waals surface area contributed by atoms with Crippen molar-refractivity contribution < 1.29 is 9.59 Å². The van der Waals surface area contributed by atoms with Crippen molar-refractivity contribution in [3.05, 3.63) is 18.1 Å². The van der Waals surface area contributed by atoms with Crippen molar-refractivity contribution in [3.8, 4) is 0 Å². The maximum absolute atomic E-state index is 12.4. The molecule has 1 aromatic heterocycles. The highest BCUT2D eigenvalue weighted by Gasteiger charge is 2.41. The quantitative estimate of drug-likeness (QED) is 0.830. The van der Waals surface area contributed by atoms with Gasteiger partial charge in [0, 0.05) is 13.6 Å². The van der Waals surface area contributed by atoms with E-state index in [0.717, 1.165) is 12.8 Å². The fourth-order valence-corrected chi connectivity index (χ4v) is 2.76. The number of nitrogens with zero attached hydrogens (tertiary/aromatic N) is 4. The SMILES string of the molecule is CNc1cnc(CN2CC(=O)N3CCCC3C2=O)cn1. The lowest BCUT2D eigenvalue weighted by Crippen LogP contribution is -2.56. The Labute approximate surface area is 117 Å². The molecule has 2 saturated heterocycles. The number of anilines is 1. The van der Waals surface area contributed by atoms with Crippen LogP contribution in [-0.2, 0) is 16.1 Å². The van der Waals surface area contributed by atoms with Crippen molar-refractivity contribution in [1.82, 2.24) is 19.8 Å². The van der Waals surface area contributed by atoms with Crippen molar-refractivity contribution in [1.29, 1.82) is 0 Å². The zero-order chi connectivity index (χ0) is 14.1. The van der Waals surface area contributed by atoms with E-state index in [-0.39, 0.29) is 24.4 Å². The molecule has 0 radical (unpaired) electrons. The van der Waals surface area contributed by atoms with Gasteiger partial charge in [0.15, 0.2) is 0 Å². The molecule has 2 amide bonds. The summed E-state index contributed by atoms with van der Waals surface area (Å²) in [5.74, 6) is 0.741. The van der Waals surface area contributed by atoms with Gasteiger partial charge >= 0.3 is 0 Å². The van der Waals surface area contributed by atoms with Gasteiger partial charge in [-0.15, -0.1) is 0 Å². The summed E-state index contributed by atoms with van der Waals surface area (Å²) < 4.78 is 0. The maximum Gasteiger partial charge on any atom is 0.246 e. The summed E-state index contributed by atoms with van der Waals surface area (Å²) in [6.45, 7) is 1.19. The van der Waals surface area contributed by atoms with Crippen LogP contribution in [0.3, 0.4) is 0 Å². The lowest BCUT2D eigenvalue weighted by Gasteiger charge is -2.36. The second kappa shape index (κ2) is 5.07. The van der Waals surface area contributed by atoms with Crippen molar-refractivity contribution in [2.45, 2.75) is 25.4 Å². The minimum absolute atomic E-state index is 0.0293. The Morgan fingerprint density at radius 1 is 1.35 bits per heavy atom. The molecule has 2 aliphatic rings. The summed E-state index contributed by atoms with van der Waals surface area (Å²) in [4.78, 5) is 36.1. The molecular formula is C13H17N5O2. The van der Waals surface area contributed by atoms with Crippen LogP contribution < -0.4 is 5.32 Å². The standard InChI is InChI=1S/C13H17N5O2/c1-14-11-6-15-9(5-16-11)7-17-8-12(19)18-4-2-3-10(18)13(17)20/h5-6,10H,2-4,7-8H2,1H3,(H,14,16). The van der Waals surface area contributed by atoms with E-state index in [1.165, 1.54) is 0 Å². The summed E-state index contributed by atoms with van der Waals surface area (Å²) in [5.41, 5.74) is 0.691. The highest BCUT2D eigenvalue weighted by molar-refractivity contribution is 5.95. The van der Waals surface area contributed by atoms with Crippen LogP contribution >= 0.6 is 0 Å². The van der Waals surface area contributed by atoms with Crippen LogP contribution in [-0.4, -0.2) is 57.8 Å². The van der Waals surface area contributed by atoms with Crippen molar-refractivity contribution in [3.63, 3.8) is 0 Å². The average molecular weight is 275 g/mol. The molecule has 0 spiro atoms. The van der Waals surface area contributed by atoms with E-state index in [9.17, 15) is 9.59 Å². The smallest absolute Gasteiger partial charge is 0.246 e. The molecule has 2 fully saturated rings. The van der Waals surface area contributed by atoms with Crippen LogP contribution in [0, 0.1) is 0 Å². The van der Waals surface area contributed by atoms with Crippen LogP contribution in [0.4, 0.5) is 5.82 Å². The van der Waals surface area contributed by atoms with Gasteiger partial charge in [-0.2, -0.15) is 0 Å². The molecule has 7 heteroatoms. The van der Waals surface area contributed by atoms with Crippen LogP contribution in [0.1, 0.15) is 18.5 Å². The number of carbonyl (C=O) groups is 2. The van der Waals surface area contributed by atoms with Crippen LogP contribution in [0.2, 0.25) is 0 Å². The number of fused-ring (bicyclic) bond motifs is 1. The van der Waals surface area contributed by atoms with Gasteiger partial charge in [-0.3, -0.25) is 14.6 Å². The van der Waals surface area contributed by atoms with Crippen LogP contribution in [0.15, 0.2) is 12.4 Å². The molecule has 20 heavy (non-hydrogen) atoms. The second-order valence-electron chi connectivity index (χ2n) is 5.08. The number of piperazine rings is 1. The molecular weight excluding hydrogens is 258 g/mol. The number of rotatable bonds is 3. The van der Waals surface area contributed by atoms with Gasteiger partial charge < -0.3 is 15.1 Å². The molecule has 0 aromatic carbocycles. The Bertz CT molecular complexity index is 530. The molecule has 0 saturated carbocycles. The van der Waals surface area contributed by atoms with E-state index in [1.54, 1.807) is 29.2 Å². The van der Waals surface area contributed by atoms with Gasteiger partial charge in [0.05, 0.1) is 24.6 Å². The largest absolute Gasteiger partial charge is 0.372 e. The summed E-state index contributed by atoms with van der Waals surface area (Å²) >= 11 is 0. The predicted octanol–water partition coefficient (Wildman–Crippen LogP) is -0.148. The first kappa shape index (κ1) is 12.8. The van der Waals surface area contributed by atoms with E-state index >= 15 is 0 Å². The Morgan fingerprint density at radius 2 is 2.20 bits per heavy atom. The molecule has 0 bridgehead atoms. The number of hydrogen-bond acceptors (Lipinski definition) is 5. The van der Waals surface area contributed by atoms with Crippen molar-refractivity contribution in [2.24, 2.45) is 0 Å². The van der Waals surface area contributed by atoms with Gasteiger partial charge in [0.2, 0.25) is 11.8 Å². The molecule has 2 aliphatic heterocycles. The van der Waals surface area contributed by atoms with Gasteiger partial charge in [-0.1, -0.05) is 0 Å². The molecule has 106 valence electrons. The Kier molecular flexibility index (Phi) is 3.25. The normalized spacial score (nSPS) is 22.1. The highest BCUT2D eigenvalue weighted by atomic mass is 16.2. The number of amides is 2. The summed E-state index contributed by atoms with van der Waals surface area (Å²) in [5, 5.41) is 2.89. The zero-order valence-electron chi connectivity index (χ0n) is 11.4. The van der Waals surface area contributed by atoms with Crippen molar-refractivity contribution in [2.75, 3.05) is 25.5 Å². The predicted molar refractivity (Wildman–Crippen MR) is 71.7 cm³/mol. The summed E-state index contributed by atoms with van der Waals surface area (Å²) in [7, 11) is 1.77. The van der Waals surface area contributed by atoms with Crippen molar-refractivity contribution >= 4 is 17.6 Å².